The van der Waals surface area contributed by atoms with Gasteiger partial charge in [0.25, 0.3) is 0 Å². The largest absolute Gasteiger partial charge is 0.259 e. The minimum atomic E-state index is -0.460. The SMILES string of the molecule is O=[S@]1CCSC1. The Morgan fingerprint density at radius 3 is 2.67 bits per heavy atom. The van der Waals surface area contributed by atoms with Crippen LogP contribution in [0.15, 0.2) is 0 Å². The molecule has 1 fully saturated rings. The highest BCUT2D eigenvalue weighted by atomic mass is 32.2. The fraction of sp³-hybridized carbons (Fsp3) is 1.00. The van der Waals surface area contributed by atoms with Gasteiger partial charge < -0.3 is 0 Å². The summed E-state index contributed by atoms with van der Waals surface area (Å²) in [6, 6.07) is 0. The summed E-state index contributed by atoms with van der Waals surface area (Å²) in [5.41, 5.74) is 0. The Labute approximate surface area is 44.0 Å². The normalized spacial score (nSPS) is 34.3. The van der Waals surface area contributed by atoms with Crippen LogP contribution >= 0.6 is 11.8 Å². The minimum Gasteiger partial charge on any atom is -0.259 e. The average molecular weight is 122 g/mol. The summed E-state index contributed by atoms with van der Waals surface area (Å²) in [4.78, 5) is 0. The maximum Gasteiger partial charge on any atom is 0.0692 e. The first kappa shape index (κ1) is 4.65. The second kappa shape index (κ2) is 1.98. The van der Waals surface area contributed by atoms with Crippen LogP contribution in [-0.4, -0.2) is 20.8 Å². The van der Waals surface area contributed by atoms with E-state index in [0.29, 0.717) is 0 Å². The van der Waals surface area contributed by atoms with E-state index in [1.807, 2.05) is 0 Å². The zero-order chi connectivity index (χ0) is 4.41. The van der Waals surface area contributed by atoms with Crippen molar-refractivity contribution < 1.29 is 4.21 Å². The van der Waals surface area contributed by atoms with Crippen molar-refractivity contribution >= 4 is 22.6 Å². The van der Waals surface area contributed by atoms with Crippen LogP contribution in [0.2, 0.25) is 0 Å². The molecule has 1 atom stereocenters. The van der Waals surface area contributed by atoms with Gasteiger partial charge in [0.1, 0.15) is 0 Å². The van der Waals surface area contributed by atoms with Crippen molar-refractivity contribution in [2.45, 2.75) is 0 Å². The average Bonchev–Trinajstić information content (AvgIpc) is 1.86. The van der Waals surface area contributed by atoms with E-state index in [1.165, 1.54) is 0 Å². The van der Waals surface area contributed by atoms with E-state index in [2.05, 4.69) is 0 Å². The van der Waals surface area contributed by atoms with Gasteiger partial charge in [0.15, 0.2) is 0 Å². The second-order valence-corrected chi connectivity index (χ2v) is 4.22. The molecule has 0 N–H and O–H groups in total. The second-order valence-electron chi connectivity index (χ2n) is 1.17. The van der Waals surface area contributed by atoms with Gasteiger partial charge in [-0.15, -0.1) is 11.8 Å². The van der Waals surface area contributed by atoms with Gasteiger partial charge in [-0.05, 0) is 0 Å². The smallest absolute Gasteiger partial charge is 0.0692 e. The van der Waals surface area contributed by atoms with Crippen LogP contribution in [0.1, 0.15) is 0 Å². The van der Waals surface area contributed by atoms with Crippen molar-refractivity contribution in [3.05, 3.63) is 0 Å². The fourth-order valence-corrected chi connectivity index (χ4v) is 3.26. The molecule has 0 aliphatic carbocycles. The Bertz CT molecular complexity index is 63.2. The lowest BCUT2D eigenvalue weighted by Gasteiger charge is -1.73. The molecular weight excluding hydrogens is 116 g/mol. The molecule has 0 spiro atoms. The zero-order valence-corrected chi connectivity index (χ0v) is 4.98. The summed E-state index contributed by atoms with van der Waals surface area (Å²) in [5, 5.41) is 0.875. The maximum atomic E-state index is 10.3. The summed E-state index contributed by atoms with van der Waals surface area (Å²) in [6.07, 6.45) is 0. The molecule has 0 radical (unpaired) electrons. The molecule has 1 nitrogen and oxygen atoms in total. The van der Waals surface area contributed by atoms with Crippen LogP contribution in [0, 0.1) is 0 Å². The van der Waals surface area contributed by atoms with Crippen LogP contribution in [0.3, 0.4) is 0 Å². The Hall–Kier alpha value is 0.500. The van der Waals surface area contributed by atoms with E-state index in [0.717, 1.165) is 16.6 Å². The van der Waals surface area contributed by atoms with Gasteiger partial charge in [-0.2, -0.15) is 0 Å². The molecule has 36 valence electrons. The molecule has 3 heteroatoms. The highest BCUT2D eigenvalue weighted by Gasteiger charge is 2.05. The molecule has 0 saturated carbocycles. The maximum absolute atomic E-state index is 10.3. The van der Waals surface area contributed by atoms with Crippen LogP contribution in [0.4, 0.5) is 0 Å². The quantitative estimate of drug-likeness (QED) is 0.464. The molecule has 1 heterocycles. The monoisotopic (exact) mass is 122 g/mol. The lowest BCUT2D eigenvalue weighted by molar-refractivity contribution is 0.688. The molecular formula is C3H6OS2. The first-order valence-corrected chi connectivity index (χ1v) is 4.46. The minimum absolute atomic E-state index is 0.460. The van der Waals surface area contributed by atoms with Gasteiger partial charge in [0, 0.05) is 22.3 Å². The Kier molecular flexibility index (Phi) is 1.54. The van der Waals surface area contributed by atoms with Crippen LogP contribution < -0.4 is 0 Å². The van der Waals surface area contributed by atoms with Crippen LogP contribution in [0.25, 0.3) is 0 Å². The van der Waals surface area contributed by atoms with E-state index in [1.54, 1.807) is 11.8 Å². The number of hydrogen-bond donors (Lipinski definition) is 0. The lowest BCUT2D eigenvalue weighted by atomic mass is 11.0. The van der Waals surface area contributed by atoms with E-state index >= 15 is 0 Å². The molecule has 1 aliphatic rings. The molecule has 0 amide bonds. The molecule has 0 aromatic rings. The molecule has 0 unspecified atom stereocenters. The third-order valence-electron chi connectivity index (χ3n) is 0.670. The highest BCUT2D eigenvalue weighted by Crippen LogP contribution is 2.10. The fourth-order valence-electron chi connectivity index (χ4n) is 0.363. The van der Waals surface area contributed by atoms with Crippen molar-refractivity contribution in [1.29, 1.82) is 0 Å². The Balaban J connectivity index is 2.37. The van der Waals surface area contributed by atoms with Gasteiger partial charge >= 0.3 is 0 Å². The third kappa shape index (κ3) is 0.980. The molecule has 6 heavy (non-hydrogen) atoms. The van der Waals surface area contributed by atoms with Crippen molar-refractivity contribution in [2.24, 2.45) is 0 Å². The first-order chi connectivity index (χ1) is 2.89. The first-order valence-electron chi connectivity index (χ1n) is 1.82. The number of thioether (sulfide) groups is 1. The molecule has 1 saturated heterocycles. The van der Waals surface area contributed by atoms with E-state index in [-0.39, 0.29) is 0 Å². The van der Waals surface area contributed by atoms with Crippen LogP contribution in [0.5, 0.6) is 0 Å². The van der Waals surface area contributed by atoms with E-state index < -0.39 is 10.8 Å². The molecule has 0 bridgehead atoms. The number of rotatable bonds is 0. The lowest BCUT2D eigenvalue weighted by Crippen LogP contribution is -1.87. The van der Waals surface area contributed by atoms with Gasteiger partial charge in [0.2, 0.25) is 0 Å². The predicted octanol–water partition coefficient (Wildman–Crippen LogP) is 0.439. The molecule has 1 rings (SSSR count). The van der Waals surface area contributed by atoms with Gasteiger partial charge in [-0.3, -0.25) is 4.21 Å². The standard InChI is InChI=1S/C3H6OS2/c4-6-2-1-5-3-6/h1-3H2/t6-/m0/s1. The van der Waals surface area contributed by atoms with Crippen molar-refractivity contribution in [3.8, 4) is 0 Å². The summed E-state index contributed by atoms with van der Waals surface area (Å²) in [5.74, 6) is 2.03. The van der Waals surface area contributed by atoms with Gasteiger partial charge in [0.05, 0.1) is 5.08 Å². The van der Waals surface area contributed by atoms with Crippen molar-refractivity contribution in [1.82, 2.24) is 0 Å². The van der Waals surface area contributed by atoms with E-state index in [4.69, 9.17) is 0 Å². The zero-order valence-electron chi connectivity index (χ0n) is 3.35. The summed E-state index contributed by atoms with van der Waals surface area (Å²) in [6.45, 7) is 0. The molecule has 0 aromatic carbocycles. The topological polar surface area (TPSA) is 17.1 Å². The molecule has 1 aliphatic heterocycles. The van der Waals surface area contributed by atoms with E-state index in [9.17, 15) is 4.21 Å². The highest BCUT2D eigenvalue weighted by molar-refractivity contribution is 8.13. The van der Waals surface area contributed by atoms with Crippen molar-refractivity contribution in [3.63, 3.8) is 0 Å². The summed E-state index contributed by atoms with van der Waals surface area (Å²) < 4.78 is 10.3. The summed E-state index contributed by atoms with van der Waals surface area (Å²) in [7, 11) is -0.460. The number of hydrogen-bond acceptors (Lipinski definition) is 2. The van der Waals surface area contributed by atoms with Gasteiger partial charge in [-0.1, -0.05) is 0 Å². The predicted molar refractivity (Wildman–Crippen MR) is 30.3 cm³/mol. The van der Waals surface area contributed by atoms with Crippen LogP contribution in [-0.2, 0) is 10.8 Å². The molecule has 0 aromatic heterocycles. The third-order valence-corrected chi connectivity index (χ3v) is 3.80. The Morgan fingerprint density at radius 1 is 1.67 bits per heavy atom. The Morgan fingerprint density at radius 2 is 2.50 bits per heavy atom. The van der Waals surface area contributed by atoms with Gasteiger partial charge in [-0.25, -0.2) is 0 Å². The summed E-state index contributed by atoms with van der Waals surface area (Å²) >= 11 is 1.78. The van der Waals surface area contributed by atoms with Crippen molar-refractivity contribution in [2.75, 3.05) is 16.6 Å².